The number of hydrogen-bond acceptors (Lipinski definition) is 12. The van der Waals surface area contributed by atoms with Crippen molar-refractivity contribution in [3.8, 4) is 20.3 Å². The van der Waals surface area contributed by atoms with Gasteiger partial charge in [0.1, 0.15) is 0 Å². The van der Waals surface area contributed by atoms with E-state index in [1.54, 1.807) is 27.2 Å². The third-order valence-corrected chi connectivity index (χ3v) is 8.73. The number of nitrogens with zero attached hydrogens (tertiary/aromatic N) is 4. The third kappa shape index (κ3) is 4.82. The van der Waals surface area contributed by atoms with Crippen molar-refractivity contribution in [1.82, 2.24) is 19.5 Å². The molecule has 36 heavy (non-hydrogen) atoms. The molecule has 184 valence electrons. The Morgan fingerprint density at radius 3 is 2.56 bits per heavy atom. The fraction of sp³-hybridized carbons (Fsp3) is 0.318. The molecule has 5 heterocycles. The first-order chi connectivity index (χ1) is 17.4. The number of aliphatic hydroxyl groups excluding tert-OH is 1. The number of hydrogen-bond donors (Lipinski definition) is 2. The molecule has 1 aliphatic heterocycles. The van der Waals surface area contributed by atoms with Crippen LogP contribution in [0.4, 0.5) is 5.95 Å². The van der Waals surface area contributed by atoms with Crippen LogP contribution in [0.25, 0.3) is 31.5 Å². The molecule has 11 nitrogen and oxygen atoms in total. The van der Waals surface area contributed by atoms with Crippen molar-refractivity contribution in [2.75, 3.05) is 9.11 Å². The van der Waals surface area contributed by atoms with Crippen LogP contribution in [0.15, 0.2) is 36.0 Å². The predicted octanol–water partition coefficient (Wildman–Crippen LogP) is 2.91. The Kier molecular flexibility index (Phi) is 7.46. The van der Waals surface area contributed by atoms with Gasteiger partial charge in [-0.25, -0.2) is 0 Å². The van der Waals surface area contributed by atoms with E-state index in [1.807, 2.05) is 17.5 Å². The van der Waals surface area contributed by atoms with Gasteiger partial charge in [0.2, 0.25) is 0 Å². The molecule has 0 radical (unpaired) electrons. The Balaban J connectivity index is 1.60. The molecule has 0 amide bonds. The summed E-state index contributed by atoms with van der Waals surface area (Å²) >= 11 is 3.49. The number of imidazole rings is 1. The number of aliphatic hydroxyl groups is 1. The van der Waals surface area contributed by atoms with E-state index in [1.165, 1.54) is 25.1 Å². The molecule has 1 fully saturated rings. The Labute approximate surface area is 233 Å². The van der Waals surface area contributed by atoms with Gasteiger partial charge in [0.05, 0.1) is 0 Å². The van der Waals surface area contributed by atoms with Crippen molar-refractivity contribution in [3.63, 3.8) is 0 Å². The average molecular weight is 746 g/mol. The van der Waals surface area contributed by atoms with E-state index in [2.05, 4.69) is 24.6 Å². The number of carbonyl (C=O) groups excluding carboxylic acids is 2. The number of thiophene rings is 2. The van der Waals surface area contributed by atoms with Crippen LogP contribution >= 0.6 is 22.7 Å². The van der Waals surface area contributed by atoms with Crippen molar-refractivity contribution in [3.05, 3.63) is 36.0 Å². The molecular weight excluding hydrogens is 725 g/mol. The molecule has 0 spiro atoms. The average Bonchev–Trinajstić information content (AvgIpc) is 3.64. The minimum absolute atomic E-state index is 0.219. The normalized spacial score (nSPS) is 21.6. The second-order valence-corrected chi connectivity index (χ2v) is 11.1. The molecule has 4 atom stereocenters. The molecule has 5 rings (SSSR count). The second kappa shape index (κ2) is 10.6. The maximum atomic E-state index is 11.9. The molecule has 0 bridgehead atoms. The Hall–Kier alpha value is -2.30. The summed E-state index contributed by atoms with van der Waals surface area (Å²) in [6.07, 6.45) is -2.30. The van der Waals surface area contributed by atoms with Gasteiger partial charge in [-0.15, -0.1) is 0 Å². The van der Waals surface area contributed by atoms with Crippen molar-refractivity contribution in [1.29, 1.82) is 0 Å². The summed E-state index contributed by atoms with van der Waals surface area (Å²) in [6.45, 7) is 2.07. The van der Waals surface area contributed by atoms with Crippen LogP contribution < -0.4 is 2.50 Å². The zero-order valence-corrected chi connectivity index (χ0v) is 25.6. The van der Waals surface area contributed by atoms with Crippen LogP contribution in [0.1, 0.15) is 20.1 Å². The van der Waals surface area contributed by atoms with Gasteiger partial charge in [-0.2, -0.15) is 0 Å². The van der Waals surface area contributed by atoms with Crippen molar-refractivity contribution >= 4 is 51.7 Å². The fourth-order valence-corrected chi connectivity index (χ4v) is 6.45. The van der Waals surface area contributed by atoms with Gasteiger partial charge < -0.3 is 0 Å². The molecule has 14 heteroatoms. The van der Waals surface area contributed by atoms with Crippen molar-refractivity contribution < 1.29 is 59.8 Å². The standard InChI is InChI=1S/C22H20N5O6S2.Pa/c1-10(29)31-18-12(8-28)33-21(19(18)32-11(2)30)27-9-24-17-16(25-22(23)26-20(17)27)15-6-5-14(35-15)13-4-3-7-34-13;/h3-7,9,12,18-19,21,28H,8H2,1-2H3,(H-,23,25,26);/q-1;+1/t12-,18?,19+,21-;/m1./s1. The van der Waals surface area contributed by atoms with Crippen molar-refractivity contribution in [2.45, 2.75) is 38.4 Å². The molecule has 4 aromatic rings. The van der Waals surface area contributed by atoms with Gasteiger partial charge in [-0.05, 0) is 0 Å². The first-order valence-electron chi connectivity index (χ1n) is 10.9. The number of ether oxygens (including phenoxy) is 3. The molecule has 2 N–H and O–H groups in total. The number of nitrogens with one attached hydrogen (secondary N) is 1. The van der Waals surface area contributed by atoms with Gasteiger partial charge in [0.15, 0.2) is 0 Å². The van der Waals surface area contributed by atoms with Gasteiger partial charge in [0.25, 0.3) is 0 Å². The first kappa shape index (κ1) is 25.4. The number of carbonyl (C=O) groups is 2. The molecule has 0 aliphatic carbocycles. The van der Waals surface area contributed by atoms with E-state index in [4.69, 9.17) is 19.2 Å². The second-order valence-electron chi connectivity index (χ2n) is 7.90. The first-order valence-corrected chi connectivity index (χ1v) is 15.0. The fourth-order valence-electron chi connectivity index (χ4n) is 4.09. The van der Waals surface area contributed by atoms with Crippen LogP contribution in [0, 0.1) is 30.9 Å². The molecule has 1 unspecified atom stereocenters. The summed E-state index contributed by atoms with van der Waals surface area (Å²) < 4.78 is 21.7. The van der Waals surface area contributed by atoms with Gasteiger partial charge >= 0.3 is 235 Å². The zero-order valence-electron chi connectivity index (χ0n) is 19.2. The van der Waals surface area contributed by atoms with E-state index in [0.29, 0.717) is 22.8 Å². The number of esters is 2. The molecule has 1 aliphatic rings. The van der Waals surface area contributed by atoms with Crippen LogP contribution in [-0.2, 0) is 23.8 Å². The quantitative estimate of drug-likeness (QED) is 0.272. The zero-order chi connectivity index (χ0) is 25.4. The molecule has 0 aromatic carbocycles. The molecule has 0 saturated carbocycles. The van der Waals surface area contributed by atoms with E-state index in [-0.39, 0.29) is 30.9 Å². The number of fused-ring (bicyclic) bond motifs is 1. The van der Waals surface area contributed by atoms with E-state index >= 15 is 0 Å². The van der Waals surface area contributed by atoms with Crippen LogP contribution in [0.5, 0.6) is 0 Å². The van der Waals surface area contributed by atoms with E-state index < -0.39 is 43.1 Å². The molecule has 1 saturated heterocycles. The van der Waals surface area contributed by atoms with Crippen LogP contribution in [-0.4, -0.2) is 61.5 Å². The Morgan fingerprint density at radius 1 is 1.14 bits per heavy atom. The van der Waals surface area contributed by atoms with Crippen LogP contribution in [0.2, 0.25) is 0 Å². The SMILES string of the molecule is CC(=O)OC1[C@@H](CO)O[C@@H](n2cnc3c(-c4ccc(-c5cccs5)s4)nc([NH][Pa])nc32)[C@H]1OC(C)=O. The Bertz CT molecular complexity index is 1410. The summed E-state index contributed by atoms with van der Waals surface area (Å²) in [4.78, 5) is 40.8. The molecule has 4 aromatic heterocycles. The van der Waals surface area contributed by atoms with E-state index in [0.717, 1.165) is 9.75 Å². The van der Waals surface area contributed by atoms with Gasteiger partial charge in [-0.1, -0.05) is 0 Å². The maximum absolute atomic E-state index is 11.9. The minimum atomic E-state index is -1.01. The summed E-state index contributed by atoms with van der Waals surface area (Å²) in [6, 6.07) is 8.15. The predicted molar refractivity (Wildman–Crippen MR) is 128 cm³/mol. The van der Waals surface area contributed by atoms with Gasteiger partial charge in [-0.3, -0.25) is 0 Å². The molecular formula is C22H20N5O6PaS2. The summed E-state index contributed by atoms with van der Waals surface area (Å²) in [5.41, 5.74) is 1.67. The third-order valence-electron chi connectivity index (χ3n) is 5.50. The Morgan fingerprint density at radius 2 is 1.89 bits per heavy atom. The summed E-state index contributed by atoms with van der Waals surface area (Å²) in [5, 5.41) is 11.9. The van der Waals surface area contributed by atoms with Gasteiger partial charge in [0, 0.05) is 0 Å². The summed E-state index contributed by atoms with van der Waals surface area (Å²) in [7, 11) is 0. The van der Waals surface area contributed by atoms with Crippen molar-refractivity contribution in [2.24, 2.45) is 0 Å². The monoisotopic (exact) mass is 745 g/mol. The van der Waals surface area contributed by atoms with E-state index in [9.17, 15) is 14.7 Å². The topological polar surface area (TPSA) is 138 Å². The number of rotatable bonds is 7. The van der Waals surface area contributed by atoms with Crippen LogP contribution in [0.3, 0.4) is 0 Å². The number of aromatic nitrogens is 4. The summed E-state index contributed by atoms with van der Waals surface area (Å²) in [5.74, 6) is -0.709. The number of anilines is 1.